The fourth-order valence-corrected chi connectivity index (χ4v) is 3.78. The molecule has 2 aliphatic carbocycles. The maximum absolute atomic E-state index is 10.8. The predicted octanol–water partition coefficient (Wildman–Crippen LogP) is 2.45. The molecule has 0 aromatic carbocycles. The van der Waals surface area contributed by atoms with E-state index < -0.39 is 0 Å². The molecule has 0 heterocycles. The van der Waals surface area contributed by atoms with Crippen molar-refractivity contribution in [2.75, 3.05) is 0 Å². The van der Waals surface area contributed by atoms with Gasteiger partial charge in [-0.1, -0.05) is 18.2 Å². The number of carbonyl (C=O) groups is 1. The standard InChI is InChI=1S/C9H14OS/c1-6(10)11-9-5-7-2-3-8(9)4-7/h7-9H,2-5H2,1H3/t7-,8+,9?/m1/s1. The summed E-state index contributed by atoms with van der Waals surface area (Å²) in [5.41, 5.74) is 0. The quantitative estimate of drug-likeness (QED) is 0.601. The summed E-state index contributed by atoms with van der Waals surface area (Å²) in [5.74, 6) is 1.85. The molecule has 0 aromatic heterocycles. The normalized spacial score (nSPS) is 41.4. The van der Waals surface area contributed by atoms with Gasteiger partial charge in [-0.25, -0.2) is 0 Å². The van der Waals surface area contributed by atoms with Gasteiger partial charge in [0, 0.05) is 12.2 Å². The van der Waals surface area contributed by atoms with Crippen LogP contribution in [0.25, 0.3) is 0 Å². The zero-order valence-corrected chi connectivity index (χ0v) is 7.69. The van der Waals surface area contributed by atoms with Gasteiger partial charge in [0.1, 0.15) is 0 Å². The average molecular weight is 170 g/mol. The van der Waals surface area contributed by atoms with Crippen LogP contribution in [0.1, 0.15) is 32.6 Å². The van der Waals surface area contributed by atoms with Crippen molar-refractivity contribution in [3.05, 3.63) is 0 Å². The van der Waals surface area contributed by atoms with E-state index in [0.717, 1.165) is 11.8 Å². The van der Waals surface area contributed by atoms with E-state index in [0.29, 0.717) is 10.4 Å². The Morgan fingerprint density at radius 2 is 2.18 bits per heavy atom. The maximum Gasteiger partial charge on any atom is 0.186 e. The Balaban J connectivity index is 1.92. The summed E-state index contributed by atoms with van der Waals surface area (Å²) in [5, 5.41) is 0.994. The lowest BCUT2D eigenvalue weighted by atomic mass is 10.0. The Hall–Kier alpha value is 0.0200. The van der Waals surface area contributed by atoms with E-state index in [2.05, 4.69) is 0 Å². The molecule has 0 spiro atoms. The molecule has 0 amide bonds. The van der Waals surface area contributed by atoms with Crippen LogP contribution in [0.2, 0.25) is 0 Å². The van der Waals surface area contributed by atoms with Crippen LogP contribution in [0.5, 0.6) is 0 Å². The molecule has 0 aromatic rings. The zero-order valence-electron chi connectivity index (χ0n) is 6.88. The molecule has 1 unspecified atom stereocenters. The minimum absolute atomic E-state index is 0.308. The lowest BCUT2D eigenvalue weighted by molar-refractivity contribution is -0.109. The Morgan fingerprint density at radius 1 is 1.36 bits per heavy atom. The van der Waals surface area contributed by atoms with Gasteiger partial charge in [0.2, 0.25) is 0 Å². The topological polar surface area (TPSA) is 17.1 Å². The third-order valence-electron chi connectivity index (χ3n) is 2.99. The minimum atomic E-state index is 0.308. The summed E-state index contributed by atoms with van der Waals surface area (Å²) in [6.45, 7) is 1.69. The van der Waals surface area contributed by atoms with Crippen molar-refractivity contribution in [3.63, 3.8) is 0 Å². The molecule has 2 bridgehead atoms. The Kier molecular flexibility index (Phi) is 1.96. The number of thioether (sulfide) groups is 1. The van der Waals surface area contributed by atoms with Crippen LogP contribution in [0.4, 0.5) is 0 Å². The Morgan fingerprint density at radius 3 is 2.64 bits per heavy atom. The molecule has 2 rings (SSSR count). The second-order valence-electron chi connectivity index (χ2n) is 3.82. The molecule has 2 aliphatic rings. The van der Waals surface area contributed by atoms with Crippen molar-refractivity contribution in [2.45, 2.75) is 37.9 Å². The molecule has 62 valence electrons. The monoisotopic (exact) mass is 170 g/mol. The number of rotatable bonds is 1. The predicted molar refractivity (Wildman–Crippen MR) is 47.5 cm³/mol. The highest BCUT2D eigenvalue weighted by Crippen LogP contribution is 2.49. The van der Waals surface area contributed by atoms with Crippen LogP contribution in [-0.4, -0.2) is 10.4 Å². The first kappa shape index (κ1) is 7.66. The molecule has 11 heavy (non-hydrogen) atoms. The second-order valence-corrected chi connectivity index (χ2v) is 5.24. The highest BCUT2D eigenvalue weighted by Gasteiger charge is 2.40. The molecule has 0 radical (unpaired) electrons. The summed E-state index contributed by atoms with van der Waals surface area (Å²) < 4.78 is 0. The lowest BCUT2D eigenvalue weighted by Gasteiger charge is -2.18. The molecule has 3 atom stereocenters. The van der Waals surface area contributed by atoms with E-state index >= 15 is 0 Å². The van der Waals surface area contributed by atoms with Gasteiger partial charge in [-0.05, 0) is 31.1 Å². The van der Waals surface area contributed by atoms with Gasteiger partial charge >= 0.3 is 0 Å². The maximum atomic E-state index is 10.8. The first-order chi connectivity index (χ1) is 5.25. The first-order valence-electron chi connectivity index (χ1n) is 4.43. The van der Waals surface area contributed by atoms with Gasteiger partial charge in [-0.2, -0.15) is 0 Å². The highest BCUT2D eigenvalue weighted by molar-refractivity contribution is 8.14. The van der Waals surface area contributed by atoms with Gasteiger partial charge in [0.25, 0.3) is 0 Å². The Labute approximate surface area is 71.9 Å². The number of hydrogen-bond acceptors (Lipinski definition) is 2. The van der Waals surface area contributed by atoms with Gasteiger partial charge in [-0.3, -0.25) is 4.79 Å². The minimum Gasteiger partial charge on any atom is -0.288 e. The fraction of sp³-hybridized carbons (Fsp3) is 0.889. The van der Waals surface area contributed by atoms with Crippen molar-refractivity contribution in [2.24, 2.45) is 11.8 Å². The summed E-state index contributed by atoms with van der Waals surface area (Å²) >= 11 is 1.59. The van der Waals surface area contributed by atoms with Crippen LogP contribution in [0.3, 0.4) is 0 Å². The van der Waals surface area contributed by atoms with Crippen molar-refractivity contribution in [3.8, 4) is 0 Å². The summed E-state index contributed by atoms with van der Waals surface area (Å²) in [6, 6.07) is 0. The molecule has 0 aliphatic heterocycles. The van der Waals surface area contributed by atoms with E-state index in [9.17, 15) is 4.79 Å². The summed E-state index contributed by atoms with van der Waals surface area (Å²) in [6.07, 6.45) is 5.54. The molecule has 0 saturated heterocycles. The molecule has 0 N–H and O–H groups in total. The second kappa shape index (κ2) is 2.81. The zero-order chi connectivity index (χ0) is 7.84. The SMILES string of the molecule is CC(=O)SC1C[C@@H]2CC[C@H]1C2. The van der Waals surface area contributed by atoms with Crippen molar-refractivity contribution in [1.29, 1.82) is 0 Å². The summed E-state index contributed by atoms with van der Waals surface area (Å²) in [7, 11) is 0. The van der Waals surface area contributed by atoms with Crippen molar-refractivity contribution in [1.82, 2.24) is 0 Å². The van der Waals surface area contributed by atoms with E-state index in [1.807, 2.05) is 0 Å². The van der Waals surface area contributed by atoms with Crippen molar-refractivity contribution < 1.29 is 4.79 Å². The smallest absolute Gasteiger partial charge is 0.186 e. The van der Waals surface area contributed by atoms with Gasteiger partial charge in [0.05, 0.1) is 0 Å². The largest absolute Gasteiger partial charge is 0.288 e. The van der Waals surface area contributed by atoms with Gasteiger partial charge in [-0.15, -0.1) is 0 Å². The van der Waals surface area contributed by atoms with E-state index in [1.54, 1.807) is 18.7 Å². The van der Waals surface area contributed by atoms with Crippen LogP contribution in [-0.2, 0) is 4.79 Å². The molecular weight excluding hydrogens is 156 g/mol. The number of carbonyl (C=O) groups excluding carboxylic acids is 1. The third-order valence-corrected chi connectivity index (χ3v) is 4.20. The van der Waals surface area contributed by atoms with E-state index in [4.69, 9.17) is 0 Å². The third kappa shape index (κ3) is 1.46. The Bertz CT molecular complexity index is 178. The molecule has 2 fully saturated rings. The van der Waals surface area contributed by atoms with E-state index in [1.165, 1.54) is 25.7 Å². The molecule has 2 saturated carbocycles. The van der Waals surface area contributed by atoms with Crippen molar-refractivity contribution >= 4 is 16.9 Å². The lowest BCUT2D eigenvalue weighted by Crippen LogP contribution is -2.13. The average Bonchev–Trinajstić information content (AvgIpc) is 2.45. The first-order valence-corrected chi connectivity index (χ1v) is 5.31. The highest BCUT2D eigenvalue weighted by atomic mass is 32.2. The molecule has 2 heteroatoms. The fourth-order valence-electron chi connectivity index (χ4n) is 2.54. The number of fused-ring (bicyclic) bond motifs is 2. The van der Waals surface area contributed by atoms with Crippen LogP contribution in [0, 0.1) is 11.8 Å². The van der Waals surface area contributed by atoms with Crippen LogP contribution >= 0.6 is 11.8 Å². The molecule has 1 nitrogen and oxygen atoms in total. The van der Waals surface area contributed by atoms with Crippen LogP contribution < -0.4 is 0 Å². The molecular formula is C9H14OS. The van der Waals surface area contributed by atoms with Crippen LogP contribution in [0.15, 0.2) is 0 Å². The van der Waals surface area contributed by atoms with Gasteiger partial charge in [0.15, 0.2) is 5.12 Å². The van der Waals surface area contributed by atoms with E-state index in [-0.39, 0.29) is 0 Å². The van der Waals surface area contributed by atoms with Gasteiger partial charge < -0.3 is 0 Å². The summed E-state index contributed by atoms with van der Waals surface area (Å²) in [4.78, 5) is 10.8. The number of hydrogen-bond donors (Lipinski definition) is 0.